The molecular weight excluding hydrogens is 717 g/mol. The molecule has 2 fully saturated rings. The van der Waals surface area contributed by atoms with E-state index in [1.165, 1.54) is 25.8 Å². The van der Waals surface area contributed by atoms with Crippen molar-refractivity contribution in [1.29, 1.82) is 0 Å². The first kappa shape index (κ1) is 45.4. The van der Waals surface area contributed by atoms with Crippen molar-refractivity contribution >= 4 is 40.3 Å². The van der Waals surface area contributed by atoms with Gasteiger partial charge in [-0.3, -0.25) is 9.59 Å². The van der Waals surface area contributed by atoms with Crippen molar-refractivity contribution in [3.8, 4) is 0 Å². The van der Waals surface area contributed by atoms with E-state index in [9.17, 15) is 14.4 Å². The van der Waals surface area contributed by atoms with Gasteiger partial charge in [-0.05, 0) is 131 Å². The Morgan fingerprint density at radius 1 is 0.807 bits per heavy atom. The van der Waals surface area contributed by atoms with E-state index >= 15 is 0 Å². The van der Waals surface area contributed by atoms with Crippen molar-refractivity contribution in [2.45, 2.75) is 137 Å². The second-order valence-corrected chi connectivity index (χ2v) is 17.6. The SMILES string of the molecule is CCN(CC)C(=O)c1ccc(NCC2CCCCN2C(=O)OC(C)(C)C)c(N)c1.CCN(CC)C(=O)c1ccc2c(c1)nc(C(C)(C)C)n2CC1CCCCN1C. The largest absolute Gasteiger partial charge is 0.444 e. The fraction of sp³-hybridized carbons (Fsp3) is 0.644. The van der Waals surface area contributed by atoms with Gasteiger partial charge in [-0.1, -0.05) is 27.2 Å². The molecule has 2 atom stereocenters. The van der Waals surface area contributed by atoms with Gasteiger partial charge in [-0.15, -0.1) is 0 Å². The van der Waals surface area contributed by atoms with Gasteiger partial charge in [-0.25, -0.2) is 9.78 Å². The number of carbonyl (C=O) groups is 3. The number of nitrogens with zero attached hydrogens (tertiary/aromatic N) is 6. The number of benzene rings is 2. The molecule has 5 rings (SSSR count). The number of nitrogens with one attached hydrogen (secondary N) is 1. The number of hydrogen-bond donors (Lipinski definition) is 2. The third-order valence-corrected chi connectivity index (χ3v) is 11.2. The Bertz CT molecular complexity index is 1800. The number of aromatic nitrogens is 2. The van der Waals surface area contributed by atoms with E-state index in [1.807, 2.05) is 76.5 Å². The van der Waals surface area contributed by atoms with Crippen LogP contribution in [0.5, 0.6) is 0 Å². The van der Waals surface area contributed by atoms with Crippen LogP contribution in [0.2, 0.25) is 0 Å². The molecule has 0 aliphatic carbocycles. The number of likely N-dealkylation sites (N-methyl/N-ethyl adjacent to an activating group) is 1. The molecule has 3 amide bonds. The zero-order valence-electron chi connectivity index (χ0n) is 36.9. The molecule has 3 aromatic rings. The summed E-state index contributed by atoms with van der Waals surface area (Å²) in [4.78, 5) is 50.8. The Morgan fingerprint density at radius 3 is 1.91 bits per heavy atom. The lowest BCUT2D eigenvalue weighted by Crippen LogP contribution is -2.48. The molecule has 3 heterocycles. The van der Waals surface area contributed by atoms with Crippen LogP contribution in [0.15, 0.2) is 36.4 Å². The summed E-state index contributed by atoms with van der Waals surface area (Å²) in [6, 6.07) is 12.0. The molecule has 0 bridgehead atoms. The molecule has 316 valence electrons. The molecule has 0 saturated carbocycles. The van der Waals surface area contributed by atoms with Gasteiger partial charge in [0.2, 0.25) is 0 Å². The van der Waals surface area contributed by atoms with Gasteiger partial charge in [0.05, 0.1) is 28.5 Å². The first-order valence-electron chi connectivity index (χ1n) is 21.3. The van der Waals surface area contributed by atoms with Crippen LogP contribution in [0.3, 0.4) is 0 Å². The number of rotatable bonds is 11. The summed E-state index contributed by atoms with van der Waals surface area (Å²) < 4.78 is 7.96. The normalized spacial score (nSPS) is 17.8. The van der Waals surface area contributed by atoms with Gasteiger partial charge >= 0.3 is 6.09 Å². The molecule has 0 spiro atoms. The van der Waals surface area contributed by atoms with Crippen LogP contribution in [-0.4, -0.2) is 118 Å². The van der Waals surface area contributed by atoms with E-state index in [2.05, 4.69) is 48.7 Å². The Morgan fingerprint density at radius 2 is 1.37 bits per heavy atom. The Hall–Kier alpha value is -4.32. The second kappa shape index (κ2) is 19.9. The Balaban J connectivity index is 0.000000253. The summed E-state index contributed by atoms with van der Waals surface area (Å²) in [5, 5.41) is 3.35. The molecule has 2 unspecified atom stereocenters. The molecule has 0 radical (unpaired) electrons. The summed E-state index contributed by atoms with van der Waals surface area (Å²) in [6.45, 7) is 26.5. The number of nitrogen functional groups attached to an aromatic ring is 1. The number of amides is 3. The van der Waals surface area contributed by atoms with Crippen molar-refractivity contribution in [3.63, 3.8) is 0 Å². The molecule has 2 aliphatic heterocycles. The highest BCUT2D eigenvalue weighted by molar-refractivity contribution is 5.97. The molecule has 12 nitrogen and oxygen atoms in total. The monoisotopic (exact) mass is 789 g/mol. The fourth-order valence-electron chi connectivity index (χ4n) is 7.85. The van der Waals surface area contributed by atoms with Gasteiger partial charge in [0.15, 0.2) is 0 Å². The van der Waals surface area contributed by atoms with Crippen molar-refractivity contribution < 1.29 is 19.1 Å². The van der Waals surface area contributed by atoms with E-state index in [-0.39, 0.29) is 29.4 Å². The smallest absolute Gasteiger partial charge is 0.410 e. The van der Waals surface area contributed by atoms with E-state index in [4.69, 9.17) is 15.5 Å². The minimum Gasteiger partial charge on any atom is -0.444 e. The zero-order valence-corrected chi connectivity index (χ0v) is 36.9. The van der Waals surface area contributed by atoms with Crippen molar-refractivity contribution in [2.75, 3.05) is 63.9 Å². The number of nitrogens with two attached hydrogens (primary N) is 1. The number of anilines is 2. The van der Waals surface area contributed by atoms with Gasteiger partial charge < -0.3 is 40.0 Å². The van der Waals surface area contributed by atoms with Crippen LogP contribution in [0, 0.1) is 0 Å². The second-order valence-electron chi connectivity index (χ2n) is 17.6. The first-order valence-corrected chi connectivity index (χ1v) is 21.3. The maximum Gasteiger partial charge on any atom is 0.410 e. The lowest BCUT2D eigenvalue weighted by molar-refractivity contribution is 0.0113. The highest BCUT2D eigenvalue weighted by Gasteiger charge is 2.31. The summed E-state index contributed by atoms with van der Waals surface area (Å²) in [5.74, 6) is 1.18. The summed E-state index contributed by atoms with van der Waals surface area (Å²) in [7, 11) is 2.24. The molecule has 12 heteroatoms. The predicted octanol–water partition coefficient (Wildman–Crippen LogP) is 8.25. The fourth-order valence-corrected chi connectivity index (χ4v) is 7.85. The topological polar surface area (TPSA) is 129 Å². The van der Waals surface area contributed by atoms with Crippen LogP contribution in [0.25, 0.3) is 11.0 Å². The molecule has 2 aromatic carbocycles. The van der Waals surface area contributed by atoms with Gasteiger partial charge in [0, 0.05) is 68.4 Å². The lowest BCUT2D eigenvalue weighted by atomic mass is 9.95. The standard InChI is InChI=1S/C23H36N4O.C22H36N4O3/c1-7-26(8-2)21(28)17-12-13-20-19(15-17)24-22(23(3,4)5)27(20)16-18-11-9-10-14-25(18)6;1-6-25(7-2)20(27)16-11-12-19(18(23)14-16)24-15-17-10-8-9-13-26(17)21(28)29-22(3,4)5/h12-13,15,18H,7-11,14,16H2,1-6H3;11-12,14,17,24H,6-10,13,15,23H2,1-5H3. The number of ether oxygens (including phenoxy) is 1. The number of hydrogen-bond acceptors (Lipinski definition) is 8. The molecule has 1 aromatic heterocycles. The van der Waals surface area contributed by atoms with Crippen LogP contribution in [0.4, 0.5) is 16.2 Å². The van der Waals surface area contributed by atoms with Crippen LogP contribution in [-0.2, 0) is 16.7 Å². The lowest BCUT2D eigenvalue weighted by Gasteiger charge is -2.37. The van der Waals surface area contributed by atoms with Crippen LogP contribution >= 0.6 is 0 Å². The third kappa shape index (κ3) is 11.9. The number of imidazole rings is 1. The van der Waals surface area contributed by atoms with Gasteiger partial charge in [0.1, 0.15) is 11.4 Å². The quantitative estimate of drug-likeness (QED) is 0.186. The average molecular weight is 789 g/mol. The maximum absolute atomic E-state index is 12.8. The third-order valence-electron chi connectivity index (χ3n) is 11.2. The summed E-state index contributed by atoms with van der Waals surface area (Å²) in [5.41, 5.74) is 10.3. The molecule has 57 heavy (non-hydrogen) atoms. The predicted molar refractivity (Wildman–Crippen MR) is 233 cm³/mol. The Kier molecular flexibility index (Phi) is 15.8. The summed E-state index contributed by atoms with van der Waals surface area (Å²) >= 11 is 0. The number of piperidine rings is 2. The first-order chi connectivity index (χ1) is 26.9. The molecular formula is C45H72N8O4. The van der Waals surface area contributed by atoms with Crippen molar-refractivity contribution in [3.05, 3.63) is 53.3 Å². The van der Waals surface area contributed by atoms with E-state index < -0.39 is 5.60 Å². The molecule has 3 N–H and O–H groups in total. The minimum absolute atomic E-state index is 0.0170. The number of likely N-dealkylation sites (tertiary alicyclic amines) is 2. The van der Waals surface area contributed by atoms with Gasteiger partial charge in [0.25, 0.3) is 11.8 Å². The van der Waals surface area contributed by atoms with Crippen molar-refractivity contribution in [2.24, 2.45) is 0 Å². The molecule has 2 saturated heterocycles. The highest BCUT2D eigenvalue weighted by atomic mass is 16.6. The van der Waals surface area contributed by atoms with Crippen molar-refractivity contribution in [1.82, 2.24) is 29.2 Å². The molecule has 2 aliphatic rings. The van der Waals surface area contributed by atoms with Gasteiger partial charge in [-0.2, -0.15) is 0 Å². The van der Waals surface area contributed by atoms with E-state index in [1.54, 1.807) is 17.0 Å². The van der Waals surface area contributed by atoms with E-state index in [0.717, 1.165) is 67.0 Å². The zero-order chi connectivity index (χ0) is 42.1. The maximum atomic E-state index is 12.8. The van der Waals surface area contributed by atoms with Crippen LogP contribution < -0.4 is 11.1 Å². The number of carbonyl (C=O) groups excluding carboxylic acids is 3. The van der Waals surface area contributed by atoms with E-state index in [0.29, 0.717) is 43.5 Å². The summed E-state index contributed by atoms with van der Waals surface area (Å²) in [6.07, 6.45) is 6.55. The Labute approximate surface area is 342 Å². The minimum atomic E-state index is -0.510. The average Bonchev–Trinajstić information content (AvgIpc) is 3.54. The highest BCUT2D eigenvalue weighted by Crippen LogP contribution is 2.30. The number of fused-ring (bicyclic) bond motifs is 1. The van der Waals surface area contributed by atoms with Crippen LogP contribution in [0.1, 0.15) is 134 Å².